The molecule has 0 amide bonds. The van der Waals surface area contributed by atoms with Crippen LogP contribution in [0.1, 0.15) is 38.5 Å². The fourth-order valence-electron chi connectivity index (χ4n) is 2.07. The van der Waals surface area contributed by atoms with Gasteiger partial charge in [0.2, 0.25) is 16.3 Å². The summed E-state index contributed by atoms with van der Waals surface area (Å²) < 4.78 is 21.5. The van der Waals surface area contributed by atoms with Crippen LogP contribution in [0.4, 0.5) is 0 Å². The van der Waals surface area contributed by atoms with Gasteiger partial charge in [-0.15, -0.1) is 0 Å². The molecule has 1 N–H and O–H groups in total. The molecule has 0 aliphatic heterocycles. The second-order valence-corrected chi connectivity index (χ2v) is 8.65. The maximum absolute atomic E-state index is 11.0. The Morgan fingerprint density at radius 3 is 2.47 bits per heavy atom. The lowest BCUT2D eigenvalue weighted by Crippen LogP contribution is -2.39. The summed E-state index contributed by atoms with van der Waals surface area (Å²) in [5, 5.41) is 8.54. The smallest absolute Gasteiger partial charge is 0.303 e. The SMILES string of the molecule is O=C(O)CCC1CC[C]([AlH2])(S(=O)[O-])CC1. The standard InChI is InChI=1S/C9H15O4S.Al.2H/c10-9(11)6-3-7-1-4-8(5-2-7)14(12)13;;;/h7H,1-6H2,(H,10,11)(H,12,13);;;/p-1. The van der Waals surface area contributed by atoms with Gasteiger partial charge in [-0.05, 0) is 15.9 Å². The summed E-state index contributed by atoms with van der Waals surface area (Å²) in [6, 6.07) is 0. The predicted molar refractivity (Wildman–Crippen MR) is 59.0 cm³/mol. The van der Waals surface area contributed by atoms with Crippen molar-refractivity contribution in [2.75, 3.05) is 0 Å². The van der Waals surface area contributed by atoms with E-state index in [0.717, 1.165) is 25.7 Å². The van der Waals surface area contributed by atoms with Gasteiger partial charge in [0.25, 0.3) is 0 Å². The van der Waals surface area contributed by atoms with Gasteiger partial charge in [-0.3, -0.25) is 9.00 Å². The van der Waals surface area contributed by atoms with E-state index in [4.69, 9.17) is 5.11 Å². The molecule has 0 aromatic carbocycles. The highest BCUT2D eigenvalue weighted by Crippen LogP contribution is 2.35. The molecule has 0 saturated heterocycles. The van der Waals surface area contributed by atoms with Crippen LogP contribution in [0.2, 0.25) is 0 Å². The van der Waals surface area contributed by atoms with Crippen LogP contribution < -0.4 is 0 Å². The summed E-state index contributed by atoms with van der Waals surface area (Å²) >= 11 is -1.27. The Balaban J connectivity index is 2.35. The lowest BCUT2D eigenvalue weighted by molar-refractivity contribution is -0.137. The van der Waals surface area contributed by atoms with Gasteiger partial charge in [0.1, 0.15) is 0 Å². The first kappa shape index (κ1) is 13.2. The Kier molecular flexibility index (Phi) is 4.78. The zero-order chi connectivity index (χ0) is 11.5. The van der Waals surface area contributed by atoms with Crippen LogP contribution >= 0.6 is 0 Å². The molecule has 0 aromatic rings. The summed E-state index contributed by atoms with van der Waals surface area (Å²) in [5.74, 6) is -0.350. The number of rotatable bonds is 4. The summed E-state index contributed by atoms with van der Waals surface area (Å²) in [4.78, 5) is 10.4. The van der Waals surface area contributed by atoms with E-state index in [9.17, 15) is 13.6 Å². The largest absolute Gasteiger partial charge is 0.773 e. The highest BCUT2D eigenvalue weighted by Gasteiger charge is 2.31. The number of aliphatic carboxylic acids is 1. The van der Waals surface area contributed by atoms with Crippen molar-refractivity contribution in [1.29, 1.82) is 0 Å². The third kappa shape index (κ3) is 3.88. The molecule has 4 nitrogen and oxygen atoms in total. The first-order valence-electron chi connectivity index (χ1n) is 5.25. The first-order chi connectivity index (χ1) is 6.94. The molecule has 1 unspecified atom stereocenters. The first-order valence-corrected chi connectivity index (χ1v) is 7.33. The van der Waals surface area contributed by atoms with Crippen molar-refractivity contribution in [3.05, 3.63) is 0 Å². The Bertz CT molecular complexity index is 261. The predicted octanol–water partition coefficient (Wildman–Crippen LogP) is 0.250. The zero-order valence-corrected chi connectivity index (χ0v) is 11.7. The lowest BCUT2D eigenvalue weighted by atomic mass is 9.85. The number of carbonyl (C=O) groups is 1. The van der Waals surface area contributed by atoms with E-state index in [1.807, 2.05) is 0 Å². The van der Waals surface area contributed by atoms with E-state index < -0.39 is 20.7 Å². The Labute approximate surface area is 100 Å². The molecule has 6 heteroatoms. The van der Waals surface area contributed by atoms with Crippen molar-refractivity contribution in [1.82, 2.24) is 0 Å². The molecule has 0 heterocycles. The minimum atomic E-state index is -1.95. The number of hydrogen-bond donors (Lipinski definition) is 1. The third-order valence-corrected chi connectivity index (χ3v) is 6.54. The van der Waals surface area contributed by atoms with E-state index in [-0.39, 0.29) is 6.42 Å². The Hall–Kier alpha value is 0.112. The van der Waals surface area contributed by atoms with Crippen molar-refractivity contribution in [2.24, 2.45) is 5.92 Å². The number of carboxylic acids is 1. The fourth-order valence-corrected chi connectivity index (χ4v) is 3.22. The van der Waals surface area contributed by atoms with Gasteiger partial charge < -0.3 is 9.66 Å². The minimum Gasteiger partial charge on any atom is -0.773 e. The average molecular weight is 247 g/mol. The summed E-state index contributed by atoms with van der Waals surface area (Å²) in [5.41, 5.74) is 0. The van der Waals surface area contributed by atoms with Gasteiger partial charge in [0.05, 0.1) is 0 Å². The summed E-state index contributed by atoms with van der Waals surface area (Å²) in [6.07, 6.45) is 4.08. The van der Waals surface area contributed by atoms with Crippen LogP contribution in [0.15, 0.2) is 0 Å². The van der Waals surface area contributed by atoms with Gasteiger partial charge in [0.15, 0.2) is 0 Å². The fraction of sp³-hybridized carbons (Fsp3) is 0.889. The topological polar surface area (TPSA) is 77.4 Å². The average Bonchev–Trinajstić information content (AvgIpc) is 2.16. The molecule has 15 heavy (non-hydrogen) atoms. The minimum absolute atomic E-state index is 0.208. The van der Waals surface area contributed by atoms with Gasteiger partial charge >= 0.3 is 5.97 Å². The highest BCUT2D eigenvalue weighted by molar-refractivity contribution is 7.82. The van der Waals surface area contributed by atoms with Gasteiger partial charge in [0, 0.05) is 6.42 Å². The molecule has 1 saturated carbocycles. The summed E-state index contributed by atoms with van der Waals surface area (Å²) in [6.45, 7) is 0. The van der Waals surface area contributed by atoms with Crippen LogP contribution in [0, 0.1) is 5.92 Å². The number of carboxylic acid groups (broad SMARTS) is 1. The van der Waals surface area contributed by atoms with Crippen LogP contribution in [0.5, 0.6) is 0 Å². The molecule has 0 aromatic heterocycles. The second-order valence-electron chi connectivity index (χ2n) is 4.56. The molecule has 1 atom stereocenters. The van der Waals surface area contributed by atoms with Crippen molar-refractivity contribution in [3.8, 4) is 0 Å². The Morgan fingerprint density at radius 2 is 2.07 bits per heavy atom. The van der Waals surface area contributed by atoms with Gasteiger partial charge in [-0.2, -0.15) is 0 Å². The third-order valence-electron chi connectivity index (χ3n) is 3.33. The van der Waals surface area contributed by atoms with Crippen molar-refractivity contribution >= 4 is 33.3 Å². The van der Waals surface area contributed by atoms with Crippen LogP contribution in [-0.4, -0.2) is 39.7 Å². The zero-order valence-electron chi connectivity index (χ0n) is 8.90. The maximum atomic E-state index is 11.0. The molecule has 0 spiro atoms. The maximum Gasteiger partial charge on any atom is 0.303 e. The van der Waals surface area contributed by atoms with Gasteiger partial charge in [-0.1, -0.05) is 36.8 Å². The molecule has 1 fully saturated rings. The second kappa shape index (κ2) is 5.44. The molecule has 86 valence electrons. The lowest BCUT2D eigenvalue weighted by Gasteiger charge is -2.39. The van der Waals surface area contributed by atoms with E-state index in [0.29, 0.717) is 28.6 Å². The molecule has 1 aliphatic rings. The van der Waals surface area contributed by atoms with Crippen LogP contribution in [-0.2, 0) is 15.9 Å². The quantitative estimate of drug-likeness (QED) is 0.570. The van der Waals surface area contributed by atoms with E-state index in [1.165, 1.54) is 0 Å². The van der Waals surface area contributed by atoms with Crippen molar-refractivity contribution in [3.63, 3.8) is 0 Å². The highest BCUT2D eigenvalue weighted by atomic mass is 32.2. The molecule has 0 bridgehead atoms. The number of hydrogen-bond acceptors (Lipinski definition) is 3. The van der Waals surface area contributed by atoms with Crippen LogP contribution in [0.3, 0.4) is 0 Å². The van der Waals surface area contributed by atoms with E-state index in [1.54, 1.807) is 0 Å². The molecular formula is C9H16AlO4S-. The molecule has 0 radical (unpaired) electrons. The van der Waals surface area contributed by atoms with E-state index in [2.05, 4.69) is 0 Å². The summed E-state index contributed by atoms with van der Waals surface area (Å²) in [7, 11) is 0. The normalized spacial score (nSPS) is 33.5. The molecule has 1 rings (SSSR count). The van der Waals surface area contributed by atoms with E-state index >= 15 is 0 Å². The Morgan fingerprint density at radius 1 is 1.53 bits per heavy atom. The molecular weight excluding hydrogens is 231 g/mol. The monoisotopic (exact) mass is 247 g/mol. The van der Waals surface area contributed by atoms with Crippen molar-refractivity contribution in [2.45, 2.75) is 42.1 Å². The van der Waals surface area contributed by atoms with Crippen LogP contribution in [0.25, 0.3) is 0 Å². The van der Waals surface area contributed by atoms with Gasteiger partial charge in [-0.25, -0.2) is 0 Å². The van der Waals surface area contributed by atoms with Crippen molar-refractivity contribution < 1.29 is 18.7 Å². The molecule has 1 aliphatic carbocycles.